The Balaban J connectivity index is 1.46. The van der Waals surface area contributed by atoms with Gasteiger partial charge in [0.15, 0.2) is 0 Å². The lowest BCUT2D eigenvalue weighted by atomic mass is 10.0. The molecule has 1 atom stereocenters. The summed E-state index contributed by atoms with van der Waals surface area (Å²) in [6, 6.07) is 16.1. The fourth-order valence-electron chi connectivity index (χ4n) is 3.84. The van der Waals surface area contributed by atoms with E-state index in [9.17, 15) is 9.18 Å². The van der Waals surface area contributed by atoms with Crippen molar-refractivity contribution in [3.8, 4) is 0 Å². The van der Waals surface area contributed by atoms with E-state index in [0.29, 0.717) is 31.2 Å². The van der Waals surface area contributed by atoms with Gasteiger partial charge in [-0.25, -0.2) is 4.39 Å². The molecule has 0 N–H and O–H groups in total. The van der Waals surface area contributed by atoms with Gasteiger partial charge in [-0.1, -0.05) is 30.3 Å². The van der Waals surface area contributed by atoms with E-state index in [-0.39, 0.29) is 17.8 Å². The van der Waals surface area contributed by atoms with Gasteiger partial charge >= 0.3 is 0 Å². The van der Waals surface area contributed by atoms with Gasteiger partial charge in [-0.05, 0) is 42.7 Å². The molecule has 1 aliphatic carbocycles. The fraction of sp³-hybridized carbons (Fsp3) is 0.304. The van der Waals surface area contributed by atoms with E-state index in [2.05, 4.69) is 0 Å². The standard InChI is InChI=1S/C23H21FN2O2/c24-17-9-7-16(8-10-17)22-14-26(11-12-28-22)23(27)19-13-21(15-5-6-15)25-20-4-2-1-3-18(19)20/h1-4,7-10,13,15,22H,5-6,11-12,14H2. The normalized spacial score (nSPS) is 19.8. The minimum absolute atomic E-state index is 0.0101. The van der Waals surface area contributed by atoms with E-state index >= 15 is 0 Å². The molecule has 5 rings (SSSR count). The molecule has 1 aliphatic heterocycles. The molecule has 2 heterocycles. The molecule has 3 aromatic rings. The van der Waals surface area contributed by atoms with Crippen molar-refractivity contribution in [1.82, 2.24) is 9.88 Å². The molecule has 5 heteroatoms. The minimum Gasteiger partial charge on any atom is -0.370 e. The van der Waals surface area contributed by atoms with Crippen molar-refractivity contribution in [2.24, 2.45) is 0 Å². The molecule has 1 saturated heterocycles. The van der Waals surface area contributed by atoms with Crippen LogP contribution < -0.4 is 0 Å². The summed E-state index contributed by atoms with van der Waals surface area (Å²) in [4.78, 5) is 20.0. The first-order chi connectivity index (χ1) is 13.7. The molecule has 4 nitrogen and oxygen atoms in total. The van der Waals surface area contributed by atoms with Gasteiger partial charge in [-0.15, -0.1) is 0 Å². The Morgan fingerprint density at radius 1 is 1.11 bits per heavy atom. The van der Waals surface area contributed by atoms with Crippen LogP contribution in [-0.2, 0) is 4.74 Å². The number of aromatic nitrogens is 1. The van der Waals surface area contributed by atoms with Crippen molar-refractivity contribution >= 4 is 16.8 Å². The molecule has 1 amide bonds. The number of nitrogens with zero attached hydrogens (tertiary/aromatic N) is 2. The number of hydrogen-bond acceptors (Lipinski definition) is 3. The Bertz CT molecular complexity index is 1030. The van der Waals surface area contributed by atoms with E-state index in [1.54, 1.807) is 12.1 Å². The smallest absolute Gasteiger partial charge is 0.254 e. The maximum Gasteiger partial charge on any atom is 0.254 e. The quantitative estimate of drug-likeness (QED) is 0.678. The van der Waals surface area contributed by atoms with Gasteiger partial charge in [0.2, 0.25) is 0 Å². The van der Waals surface area contributed by atoms with Crippen LogP contribution in [0, 0.1) is 5.82 Å². The highest BCUT2D eigenvalue weighted by molar-refractivity contribution is 6.06. The fourth-order valence-corrected chi connectivity index (χ4v) is 3.84. The molecule has 0 radical (unpaired) electrons. The van der Waals surface area contributed by atoms with Crippen LogP contribution in [0.15, 0.2) is 54.6 Å². The number of carbonyl (C=O) groups excluding carboxylic acids is 1. The van der Waals surface area contributed by atoms with Crippen molar-refractivity contribution in [1.29, 1.82) is 0 Å². The number of benzene rings is 2. The zero-order valence-electron chi connectivity index (χ0n) is 15.5. The third-order valence-electron chi connectivity index (χ3n) is 5.56. The minimum atomic E-state index is -0.275. The predicted molar refractivity (Wildman–Crippen MR) is 105 cm³/mol. The van der Waals surface area contributed by atoms with E-state index in [4.69, 9.17) is 9.72 Å². The van der Waals surface area contributed by atoms with Crippen LogP contribution >= 0.6 is 0 Å². The average Bonchev–Trinajstić information content (AvgIpc) is 3.58. The van der Waals surface area contributed by atoms with Gasteiger partial charge in [0.25, 0.3) is 5.91 Å². The third kappa shape index (κ3) is 3.27. The number of amides is 1. The Hall–Kier alpha value is -2.79. The summed E-state index contributed by atoms with van der Waals surface area (Å²) in [5, 5.41) is 0.890. The Kier molecular flexibility index (Phi) is 4.32. The van der Waals surface area contributed by atoms with Gasteiger partial charge in [0.05, 0.1) is 24.2 Å². The second-order valence-electron chi connectivity index (χ2n) is 7.55. The molecule has 142 valence electrons. The van der Waals surface area contributed by atoms with Crippen molar-refractivity contribution < 1.29 is 13.9 Å². The lowest BCUT2D eigenvalue weighted by Gasteiger charge is -2.33. The Morgan fingerprint density at radius 2 is 1.89 bits per heavy atom. The lowest BCUT2D eigenvalue weighted by molar-refractivity contribution is -0.0227. The zero-order valence-corrected chi connectivity index (χ0v) is 15.5. The van der Waals surface area contributed by atoms with Gasteiger partial charge in [0.1, 0.15) is 11.9 Å². The topological polar surface area (TPSA) is 42.4 Å². The van der Waals surface area contributed by atoms with Crippen molar-refractivity contribution in [2.45, 2.75) is 24.9 Å². The van der Waals surface area contributed by atoms with Gasteiger partial charge < -0.3 is 9.64 Å². The maximum absolute atomic E-state index is 13.4. The summed E-state index contributed by atoms with van der Waals surface area (Å²) in [5.74, 6) is 0.215. The number of ether oxygens (including phenoxy) is 1. The van der Waals surface area contributed by atoms with Crippen molar-refractivity contribution in [2.75, 3.05) is 19.7 Å². The Morgan fingerprint density at radius 3 is 2.68 bits per heavy atom. The predicted octanol–water partition coefficient (Wildman–Crippen LogP) is 4.47. The number of morpholine rings is 1. The van der Waals surface area contributed by atoms with Crippen LogP contribution in [0.5, 0.6) is 0 Å². The highest BCUT2D eigenvalue weighted by Crippen LogP contribution is 2.40. The summed E-state index contributed by atoms with van der Waals surface area (Å²) < 4.78 is 19.1. The molecule has 2 fully saturated rings. The van der Waals surface area contributed by atoms with Crippen LogP contribution in [0.4, 0.5) is 4.39 Å². The number of carbonyl (C=O) groups is 1. The lowest BCUT2D eigenvalue weighted by Crippen LogP contribution is -2.42. The average molecular weight is 376 g/mol. The van der Waals surface area contributed by atoms with Crippen molar-refractivity contribution in [3.63, 3.8) is 0 Å². The highest BCUT2D eigenvalue weighted by Gasteiger charge is 2.30. The van der Waals surface area contributed by atoms with Gasteiger partial charge in [-0.3, -0.25) is 9.78 Å². The molecule has 2 aliphatic rings. The number of para-hydroxylation sites is 1. The van der Waals surface area contributed by atoms with Crippen LogP contribution in [0.3, 0.4) is 0 Å². The molecule has 28 heavy (non-hydrogen) atoms. The molecule has 0 bridgehead atoms. The van der Waals surface area contributed by atoms with Crippen LogP contribution in [0.2, 0.25) is 0 Å². The number of halogens is 1. The molecule has 0 spiro atoms. The van der Waals surface area contributed by atoms with E-state index in [1.165, 1.54) is 12.1 Å². The molecule has 1 aromatic heterocycles. The summed E-state index contributed by atoms with van der Waals surface area (Å²) in [6.07, 6.45) is 2.04. The molecule has 1 unspecified atom stereocenters. The van der Waals surface area contributed by atoms with Crippen LogP contribution in [-0.4, -0.2) is 35.5 Å². The van der Waals surface area contributed by atoms with Gasteiger partial charge in [-0.2, -0.15) is 0 Å². The summed E-state index contributed by atoms with van der Waals surface area (Å²) in [6.45, 7) is 1.47. The zero-order chi connectivity index (χ0) is 19.1. The van der Waals surface area contributed by atoms with E-state index in [0.717, 1.165) is 35.0 Å². The van der Waals surface area contributed by atoms with Crippen molar-refractivity contribution in [3.05, 3.63) is 77.2 Å². The molecular weight excluding hydrogens is 355 g/mol. The summed E-state index contributed by atoms with van der Waals surface area (Å²) >= 11 is 0. The number of pyridine rings is 1. The van der Waals surface area contributed by atoms with Crippen LogP contribution in [0.1, 0.15) is 46.5 Å². The molecular formula is C23H21FN2O2. The first-order valence-electron chi connectivity index (χ1n) is 9.75. The second kappa shape index (κ2) is 6.99. The second-order valence-corrected chi connectivity index (χ2v) is 7.55. The van der Waals surface area contributed by atoms with E-state index < -0.39 is 0 Å². The maximum atomic E-state index is 13.4. The number of hydrogen-bond donors (Lipinski definition) is 0. The highest BCUT2D eigenvalue weighted by atomic mass is 19.1. The number of fused-ring (bicyclic) bond motifs is 1. The number of rotatable bonds is 3. The molecule has 1 saturated carbocycles. The monoisotopic (exact) mass is 376 g/mol. The summed E-state index contributed by atoms with van der Waals surface area (Å²) in [7, 11) is 0. The van der Waals surface area contributed by atoms with Crippen LogP contribution in [0.25, 0.3) is 10.9 Å². The third-order valence-corrected chi connectivity index (χ3v) is 5.56. The SMILES string of the molecule is O=C(c1cc(C2CC2)nc2ccccc12)N1CCOC(c2ccc(F)cc2)C1. The largest absolute Gasteiger partial charge is 0.370 e. The molecule has 2 aromatic carbocycles. The van der Waals surface area contributed by atoms with Gasteiger partial charge in [0, 0.05) is 23.5 Å². The first-order valence-corrected chi connectivity index (χ1v) is 9.75. The Labute approximate surface area is 162 Å². The van der Waals surface area contributed by atoms with E-state index in [1.807, 2.05) is 35.2 Å². The summed E-state index contributed by atoms with van der Waals surface area (Å²) in [5.41, 5.74) is 3.49. The first kappa shape index (κ1) is 17.3.